The second kappa shape index (κ2) is 7.66. The molecule has 0 amide bonds. The molecule has 1 aliphatic rings. The molecular formula is C20H24N2O3. The summed E-state index contributed by atoms with van der Waals surface area (Å²) in [4.78, 5) is 17.8. The van der Waals surface area contributed by atoms with E-state index in [2.05, 4.69) is 35.0 Å². The summed E-state index contributed by atoms with van der Waals surface area (Å²) < 4.78 is 5.28. The zero-order valence-electron chi connectivity index (χ0n) is 14.7. The van der Waals surface area contributed by atoms with Crippen LogP contribution in [0.15, 0.2) is 42.7 Å². The summed E-state index contributed by atoms with van der Waals surface area (Å²) in [6, 6.07) is 10.3. The van der Waals surface area contributed by atoms with E-state index in [4.69, 9.17) is 4.74 Å². The molecule has 1 saturated heterocycles. The Morgan fingerprint density at radius 1 is 1.24 bits per heavy atom. The number of carboxylic acids is 1. The van der Waals surface area contributed by atoms with Crippen LogP contribution in [0.3, 0.4) is 0 Å². The van der Waals surface area contributed by atoms with Gasteiger partial charge in [-0.05, 0) is 67.7 Å². The number of aryl methyl sites for hydroxylation is 1. The first-order valence-electron chi connectivity index (χ1n) is 8.61. The van der Waals surface area contributed by atoms with Crippen LogP contribution in [0.25, 0.3) is 0 Å². The van der Waals surface area contributed by atoms with Gasteiger partial charge in [-0.1, -0.05) is 12.1 Å². The average Bonchev–Trinajstić information content (AvgIpc) is 2.64. The van der Waals surface area contributed by atoms with Gasteiger partial charge in [0.25, 0.3) is 0 Å². The van der Waals surface area contributed by atoms with E-state index in [0.29, 0.717) is 12.8 Å². The molecule has 0 bridgehead atoms. The van der Waals surface area contributed by atoms with Crippen molar-refractivity contribution in [1.82, 2.24) is 9.88 Å². The molecular weight excluding hydrogens is 316 g/mol. The summed E-state index contributed by atoms with van der Waals surface area (Å²) in [6.45, 7) is 3.62. The third kappa shape index (κ3) is 3.82. The van der Waals surface area contributed by atoms with Gasteiger partial charge in [0.15, 0.2) is 0 Å². The minimum Gasteiger partial charge on any atom is -0.497 e. The number of carboxylic acid groups (broad SMARTS) is 1. The first-order valence-corrected chi connectivity index (χ1v) is 8.61. The van der Waals surface area contributed by atoms with Gasteiger partial charge < -0.3 is 9.84 Å². The number of ether oxygens (including phenoxy) is 1. The number of carbonyl (C=O) groups is 1. The smallest absolute Gasteiger partial charge is 0.306 e. The lowest BCUT2D eigenvalue weighted by atomic mass is 9.90. The van der Waals surface area contributed by atoms with Gasteiger partial charge in [-0.25, -0.2) is 0 Å². The van der Waals surface area contributed by atoms with Gasteiger partial charge in [0.2, 0.25) is 0 Å². The van der Waals surface area contributed by atoms with Crippen molar-refractivity contribution in [2.45, 2.75) is 25.8 Å². The van der Waals surface area contributed by atoms with E-state index in [-0.39, 0.29) is 12.0 Å². The fraction of sp³-hybridized carbons (Fsp3) is 0.400. The minimum atomic E-state index is -0.680. The quantitative estimate of drug-likeness (QED) is 0.905. The first-order chi connectivity index (χ1) is 12.1. The fourth-order valence-corrected chi connectivity index (χ4v) is 3.57. The van der Waals surface area contributed by atoms with Crippen molar-refractivity contribution < 1.29 is 14.6 Å². The van der Waals surface area contributed by atoms with Crippen LogP contribution in [0.4, 0.5) is 0 Å². The molecule has 1 aromatic heterocycles. The molecule has 1 unspecified atom stereocenters. The predicted octanol–water partition coefficient (Wildman–Crippen LogP) is 3.28. The maximum absolute atomic E-state index is 11.3. The number of aliphatic carboxylic acids is 1. The molecule has 0 saturated carbocycles. The molecule has 132 valence electrons. The highest BCUT2D eigenvalue weighted by atomic mass is 16.5. The van der Waals surface area contributed by atoms with Crippen molar-refractivity contribution >= 4 is 5.97 Å². The summed E-state index contributed by atoms with van der Waals surface area (Å²) in [5.41, 5.74) is 3.54. The van der Waals surface area contributed by atoms with Crippen LogP contribution < -0.4 is 4.74 Å². The number of pyridine rings is 1. The van der Waals surface area contributed by atoms with Gasteiger partial charge in [0, 0.05) is 12.4 Å². The zero-order chi connectivity index (χ0) is 17.8. The van der Waals surface area contributed by atoms with E-state index in [1.165, 1.54) is 11.1 Å². The summed E-state index contributed by atoms with van der Waals surface area (Å²) in [7, 11) is 1.66. The summed E-state index contributed by atoms with van der Waals surface area (Å²) in [5, 5.41) is 9.26. The van der Waals surface area contributed by atoms with E-state index in [1.807, 2.05) is 24.5 Å². The van der Waals surface area contributed by atoms with Gasteiger partial charge >= 0.3 is 5.97 Å². The highest BCUT2D eigenvalue weighted by molar-refractivity contribution is 5.70. The predicted molar refractivity (Wildman–Crippen MR) is 95.7 cm³/mol. The molecule has 1 fully saturated rings. The van der Waals surface area contributed by atoms with Crippen molar-refractivity contribution in [3.63, 3.8) is 0 Å². The molecule has 0 aliphatic carbocycles. The zero-order valence-corrected chi connectivity index (χ0v) is 14.7. The van der Waals surface area contributed by atoms with Crippen molar-refractivity contribution in [2.24, 2.45) is 5.92 Å². The van der Waals surface area contributed by atoms with E-state index in [9.17, 15) is 9.90 Å². The average molecular weight is 340 g/mol. The van der Waals surface area contributed by atoms with E-state index in [0.717, 1.165) is 24.4 Å². The third-order valence-electron chi connectivity index (χ3n) is 5.03. The lowest BCUT2D eigenvalue weighted by molar-refractivity contribution is -0.143. The number of rotatable bonds is 5. The van der Waals surface area contributed by atoms with Crippen molar-refractivity contribution in [3.05, 3.63) is 59.4 Å². The van der Waals surface area contributed by atoms with Crippen LogP contribution in [0, 0.1) is 12.8 Å². The van der Waals surface area contributed by atoms with E-state index in [1.54, 1.807) is 7.11 Å². The number of likely N-dealkylation sites (tertiary alicyclic amines) is 1. The van der Waals surface area contributed by atoms with Gasteiger partial charge in [-0.2, -0.15) is 0 Å². The topological polar surface area (TPSA) is 62.7 Å². The maximum atomic E-state index is 11.3. The van der Waals surface area contributed by atoms with Crippen LogP contribution in [-0.2, 0) is 4.79 Å². The van der Waals surface area contributed by atoms with Crippen LogP contribution in [-0.4, -0.2) is 41.2 Å². The van der Waals surface area contributed by atoms with Gasteiger partial charge in [-0.15, -0.1) is 0 Å². The number of nitrogens with zero attached hydrogens (tertiary/aromatic N) is 2. The first kappa shape index (κ1) is 17.4. The molecule has 2 aromatic rings. The standard InChI is InChI=1S/C20H24N2O3/c1-14-13-21-10-7-18(14)19(15-3-5-17(25-2)6-4-15)22-11-8-16(9-12-22)20(23)24/h3-7,10,13,16,19H,8-9,11-12H2,1-2H3,(H,23,24). The van der Waals surface area contributed by atoms with Gasteiger partial charge in [0.1, 0.15) is 5.75 Å². The summed E-state index contributed by atoms with van der Waals surface area (Å²) >= 11 is 0. The molecule has 1 atom stereocenters. The van der Waals surface area contributed by atoms with E-state index < -0.39 is 5.97 Å². The highest BCUT2D eigenvalue weighted by Crippen LogP contribution is 2.34. The fourth-order valence-electron chi connectivity index (χ4n) is 3.57. The number of hydrogen-bond donors (Lipinski definition) is 1. The highest BCUT2D eigenvalue weighted by Gasteiger charge is 2.30. The summed E-state index contributed by atoms with van der Waals surface area (Å²) in [6.07, 6.45) is 5.08. The lowest BCUT2D eigenvalue weighted by Gasteiger charge is -2.37. The largest absolute Gasteiger partial charge is 0.497 e. The molecule has 1 aliphatic heterocycles. The second-order valence-corrected chi connectivity index (χ2v) is 6.56. The van der Waals surface area contributed by atoms with Crippen molar-refractivity contribution in [3.8, 4) is 5.75 Å². The van der Waals surface area contributed by atoms with Crippen molar-refractivity contribution in [1.29, 1.82) is 0 Å². The van der Waals surface area contributed by atoms with Crippen LogP contribution in [0.1, 0.15) is 35.6 Å². The Hall–Kier alpha value is -2.40. The Morgan fingerprint density at radius 2 is 1.92 bits per heavy atom. The third-order valence-corrected chi connectivity index (χ3v) is 5.03. The molecule has 5 heteroatoms. The number of aromatic nitrogens is 1. The van der Waals surface area contributed by atoms with Crippen LogP contribution >= 0.6 is 0 Å². The number of hydrogen-bond acceptors (Lipinski definition) is 4. The molecule has 3 rings (SSSR count). The van der Waals surface area contributed by atoms with Crippen LogP contribution in [0.5, 0.6) is 5.75 Å². The van der Waals surface area contributed by atoms with Gasteiger partial charge in [-0.3, -0.25) is 14.7 Å². The number of benzene rings is 1. The Balaban J connectivity index is 1.92. The molecule has 1 aromatic carbocycles. The lowest BCUT2D eigenvalue weighted by Crippen LogP contribution is -2.39. The SMILES string of the molecule is COc1ccc(C(c2ccncc2C)N2CCC(C(=O)O)CC2)cc1. The normalized spacial score (nSPS) is 17.2. The second-order valence-electron chi connectivity index (χ2n) is 6.56. The Bertz CT molecular complexity index is 722. The summed E-state index contributed by atoms with van der Waals surface area (Å²) in [5.74, 6) is -0.0782. The Kier molecular flexibility index (Phi) is 5.34. The maximum Gasteiger partial charge on any atom is 0.306 e. The number of methoxy groups -OCH3 is 1. The molecule has 25 heavy (non-hydrogen) atoms. The number of piperidine rings is 1. The minimum absolute atomic E-state index is 0.101. The molecule has 0 radical (unpaired) electrons. The van der Waals surface area contributed by atoms with E-state index >= 15 is 0 Å². The molecule has 1 N–H and O–H groups in total. The monoisotopic (exact) mass is 340 g/mol. The molecule has 2 heterocycles. The van der Waals surface area contributed by atoms with Crippen molar-refractivity contribution in [2.75, 3.05) is 20.2 Å². The Morgan fingerprint density at radius 3 is 2.48 bits per heavy atom. The Labute approximate surface area is 148 Å². The molecule has 5 nitrogen and oxygen atoms in total. The van der Waals surface area contributed by atoms with Crippen LogP contribution in [0.2, 0.25) is 0 Å². The molecule has 0 spiro atoms. The van der Waals surface area contributed by atoms with Gasteiger partial charge in [0.05, 0.1) is 19.1 Å².